The first-order chi connectivity index (χ1) is 12.4. The summed E-state index contributed by atoms with van der Waals surface area (Å²) in [6, 6.07) is 10.6. The first kappa shape index (κ1) is 16.1. The average molecular weight is 351 g/mol. The van der Waals surface area contributed by atoms with Crippen molar-refractivity contribution in [3.63, 3.8) is 0 Å². The molecule has 0 saturated carbocycles. The number of carboxylic acids is 1. The maximum atomic E-state index is 12.6. The highest BCUT2D eigenvalue weighted by Gasteiger charge is 2.64. The van der Waals surface area contributed by atoms with Crippen molar-refractivity contribution in [1.29, 1.82) is 0 Å². The summed E-state index contributed by atoms with van der Waals surface area (Å²) in [5.74, 6) is -4.19. The zero-order chi connectivity index (χ0) is 18.6. The number of carbonyl (C=O) groups excluding carboxylic acids is 3. The van der Waals surface area contributed by atoms with Crippen LogP contribution in [-0.4, -0.2) is 40.6 Å². The van der Waals surface area contributed by atoms with Gasteiger partial charge < -0.3 is 5.11 Å². The molecule has 0 bridgehead atoms. The Labute approximate surface area is 148 Å². The highest BCUT2D eigenvalue weighted by Crippen LogP contribution is 2.43. The van der Waals surface area contributed by atoms with Crippen LogP contribution in [0.15, 0.2) is 48.7 Å². The number of likely N-dealkylation sites (N-methyl/N-ethyl adjacent to an activating group) is 1. The molecule has 3 atom stereocenters. The van der Waals surface area contributed by atoms with E-state index >= 15 is 0 Å². The molecule has 3 heterocycles. The van der Waals surface area contributed by atoms with Gasteiger partial charge in [0.05, 0.1) is 5.56 Å². The lowest BCUT2D eigenvalue weighted by atomic mass is 9.90. The SMILES string of the molecule is CN1C(=O)[C@@H]2[C@@H](C(=O)O)[n+]3cc(C(=O)c4ccccc4)ccc3[C@@H]2C1=O. The quantitative estimate of drug-likeness (QED) is 0.495. The summed E-state index contributed by atoms with van der Waals surface area (Å²) in [7, 11) is 1.36. The lowest BCUT2D eigenvalue weighted by Gasteiger charge is -2.11. The normalized spacial score (nSPS) is 23.7. The summed E-state index contributed by atoms with van der Waals surface area (Å²) in [4.78, 5) is 50.2. The van der Waals surface area contributed by atoms with Gasteiger partial charge in [-0.2, -0.15) is 4.57 Å². The Kier molecular flexibility index (Phi) is 3.47. The second kappa shape index (κ2) is 5.59. The summed E-state index contributed by atoms with van der Waals surface area (Å²) in [6.45, 7) is 0. The molecule has 2 aromatic rings. The monoisotopic (exact) mass is 351 g/mol. The van der Waals surface area contributed by atoms with Crippen LogP contribution in [0.1, 0.15) is 33.6 Å². The summed E-state index contributed by atoms with van der Waals surface area (Å²) >= 11 is 0. The smallest absolute Gasteiger partial charge is 0.374 e. The van der Waals surface area contributed by atoms with Crippen molar-refractivity contribution in [2.75, 3.05) is 7.05 Å². The predicted molar refractivity (Wildman–Crippen MR) is 87.2 cm³/mol. The van der Waals surface area contributed by atoms with E-state index in [0.29, 0.717) is 16.8 Å². The van der Waals surface area contributed by atoms with Crippen LogP contribution in [0.5, 0.6) is 0 Å². The third kappa shape index (κ3) is 2.10. The molecular formula is C19H15N2O5+. The molecule has 0 aliphatic carbocycles. The van der Waals surface area contributed by atoms with Crippen LogP contribution < -0.4 is 4.57 Å². The van der Waals surface area contributed by atoms with E-state index in [9.17, 15) is 24.3 Å². The minimum absolute atomic E-state index is 0.253. The number of benzene rings is 1. The molecule has 2 aliphatic heterocycles. The van der Waals surface area contributed by atoms with E-state index in [4.69, 9.17) is 0 Å². The maximum absolute atomic E-state index is 12.6. The van der Waals surface area contributed by atoms with Gasteiger partial charge in [-0.1, -0.05) is 30.3 Å². The number of carbonyl (C=O) groups is 4. The van der Waals surface area contributed by atoms with Gasteiger partial charge in [-0.25, -0.2) is 4.79 Å². The number of rotatable bonds is 3. The van der Waals surface area contributed by atoms with Crippen LogP contribution in [0, 0.1) is 5.92 Å². The van der Waals surface area contributed by atoms with Gasteiger partial charge in [0.2, 0.25) is 11.8 Å². The number of aliphatic carboxylic acids is 1. The molecule has 1 saturated heterocycles. The fourth-order valence-electron chi connectivity index (χ4n) is 3.83. The van der Waals surface area contributed by atoms with Crippen molar-refractivity contribution in [3.05, 3.63) is 65.5 Å². The molecule has 2 amide bonds. The molecule has 1 aromatic carbocycles. The van der Waals surface area contributed by atoms with Gasteiger partial charge in [-0.3, -0.25) is 19.3 Å². The predicted octanol–water partition coefficient (Wildman–Crippen LogP) is 0.543. The Bertz CT molecular complexity index is 969. The molecule has 0 radical (unpaired) electrons. The largest absolute Gasteiger partial charge is 0.476 e. The number of pyridine rings is 1. The molecule has 26 heavy (non-hydrogen) atoms. The highest BCUT2D eigenvalue weighted by atomic mass is 16.4. The molecule has 7 nitrogen and oxygen atoms in total. The minimum atomic E-state index is -1.21. The number of likely N-dealkylation sites (tertiary alicyclic amines) is 1. The second-order valence-electron chi connectivity index (χ2n) is 6.47. The number of hydrogen-bond acceptors (Lipinski definition) is 4. The topological polar surface area (TPSA) is 95.6 Å². The minimum Gasteiger partial charge on any atom is -0.476 e. The molecule has 130 valence electrons. The van der Waals surface area contributed by atoms with Crippen molar-refractivity contribution >= 4 is 23.6 Å². The standard InChI is InChI=1S/C19H14N2O5/c1-20-17(23)13-12-8-7-11(16(22)10-5-3-2-4-6-10)9-21(12)15(19(25)26)14(13)18(20)24/h2-9,13-15H,1H3/p+1/t13-,14-,15-/m0/s1. The molecule has 4 rings (SSSR count). The van der Waals surface area contributed by atoms with Crippen molar-refractivity contribution in [3.8, 4) is 0 Å². The highest BCUT2D eigenvalue weighted by molar-refractivity contribution is 6.10. The lowest BCUT2D eigenvalue weighted by molar-refractivity contribution is -0.707. The van der Waals surface area contributed by atoms with Gasteiger partial charge >= 0.3 is 5.97 Å². The van der Waals surface area contributed by atoms with Crippen LogP contribution >= 0.6 is 0 Å². The van der Waals surface area contributed by atoms with Crippen LogP contribution in [-0.2, 0) is 14.4 Å². The Morgan fingerprint density at radius 1 is 1.00 bits per heavy atom. The number of ketones is 1. The van der Waals surface area contributed by atoms with E-state index in [0.717, 1.165) is 4.90 Å². The van der Waals surface area contributed by atoms with Crippen molar-refractivity contribution in [1.82, 2.24) is 4.90 Å². The number of hydrogen-bond donors (Lipinski definition) is 1. The first-order valence-corrected chi connectivity index (χ1v) is 8.11. The first-order valence-electron chi connectivity index (χ1n) is 8.11. The number of nitrogens with zero attached hydrogens (tertiary/aromatic N) is 2. The van der Waals surface area contributed by atoms with Crippen LogP contribution in [0.3, 0.4) is 0 Å². The maximum Gasteiger partial charge on any atom is 0.374 e. The number of fused-ring (bicyclic) bond motifs is 3. The number of carboxylic acid groups (broad SMARTS) is 1. The zero-order valence-electron chi connectivity index (χ0n) is 13.8. The fourth-order valence-corrected chi connectivity index (χ4v) is 3.83. The van der Waals surface area contributed by atoms with E-state index in [2.05, 4.69) is 0 Å². The van der Waals surface area contributed by atoms with E-state index < -0.39 is 35.7 Å². The van der Waals surface area contributed by atoms with Gasteiger partial charge in [0.1, 0.15) is 11.8 Å². The van der Waals surface area contributed by atoms with Gasteiger partial charge in [-0.05, 0) is 6.07 Å². The van der Waals surface area contributed by atoms with E-state index in [1.54, 1.807) is 42.5 Å². The lowest BCUT2D eigenvalue weighted by Crippen LogP contribution is -2.47. The van der Waals surface area contributed by atoms with Crippen molar-refractivity contribution in [2.45, 2.75) is 12.0 Å². The van der Waals surface area contributed by atoms with Crippen LogP contribution in [0.2, 0.25) is 0 Å². The summed E-state index contributed by atoms with van der Waals surface area (Å²) in [6.07, 6.45) is 1.43. The average Bonchev–Trinajstić information content (AvgIpc) is 3.10. The second-order valence-corrected chi connectivity index (χ2v) is 6.47. The fraction of sp³-hybridized carbons (Fsp3) is 0.211. The van der Waals surface area contributed by atoms with Gasteiger partial charge in [-0.15, -0.1) is 0 Å². The van der Waals surface area contributed by atoms with Gasteiger partial charge in [0, 0.05) is 18.7 Å². The van der Waals surface area contributed by atoms with Crippen molar-refractivity contribution in [2.24, 2.45) is 5.92 Å². The summed E-state index contributed by atoms with van der Waals surface area (Å²) < 4.78 is 1.39. The molecule has 1 aromatic heterocycles. The molecule has 0 spiro atoms. The molecule has 0 unspecified atom stereocenters. The third-order valence-corrected chi connectivity index (χ3v) is 5.09. The molecule has 1 fully saturated rings. The Morgan fingerprint density at radius 3 is 2.35 bits per heavy atom. The van der Waals surface area contributed by atoms with Crippen molar-refractivity contribution < 1.29 is 28.9 Å². The van der Waals surface area contributed by atoms with Crippen LogP contribution in [0.4, 0.5) is 0 Å². The van der Waals surface area contributed by atoms with Crippen LogP contribution in [0.25, 0.3) is 0 Å². The van der Waals surface area contributed by atoms with E-state index in [1.165, 1.54) is 17.8 Å². The molecule has 2 aliphatic rings. The Hall–Kier alpha value is -3.35. The van der Waals surface area contributed by atoms with E-state index in [1.807, 2.05) is 0 Å². The summed E-state index contributed by atoms with van der Waals surface area (Å²) in [5, 5.41) is 9.66. The Morgan fingerprint density at radius 2 is 1.69 bits per heavy atom. The molecular weight excluding hydrogens is 336 g/mol. The third-order valence-electron chi connectivity index (χ3n) is 5.09. The molecule has 7 heteroatoms. The number of amides is 2. The summed E-state index contributed by atoms with van der Waals surface area (Å²) in [5.41, 5.74) is 1.22. The van der Waals surface area contributed by atoms with Gasteiger partial charge in [0.15, 0.2) is 17.7 Å². The Balaban J connectivity index is 1.83. The number of imide groups is 1. The van der Waals surface area contributed by atoms with E-state index in [-0.39, 0.29) is 5.78 Å². The zero-order valence-corrected chi connectivity index (χ0v) is 13.8. The number of aromatic nitrogens is 1. The molecule has 1 N–H and O–H groups in total. The van der Waals surface area contributed by atoms with Gasteiger partial charge in [0.25, 0.3) is 6.04 Å².